The number of hydrogen-bond acceptors (Lipinski definition) is 4. The lowest BCUT2D eigenvalue weighted by molar-refractivity contribution is -0.111. The number of likely N-dealkylation sites (tertiary alicyclic amines) is 1. The van der Waals surface area contributed by atoms with Crippen molar-refractivity contribution in [1.82, 2.24) is 4.90 Å². The van der Waals surface area contributed by atoms with Gasteiger partial charge in [-0.2, -0.15) is 0 Å². The van der Waals surface area contributed by atoms with Crippen molar-refractivity contribution >= 4 is 23.6 Å². The Morgan fingerprint density at radius 3 is 2.41 bits per heavy atom. The first-order chi connectivity index (χ1) is 19.1. The van der Waals surface area contributed by atoms with E-state index in [1.165, 1.54) is 0 Å². The van der Waals surface area contributed by atoms with Crippen LogP contribution in [-0.4, -0.2) is 49.3 Å². The molecule has 0 bridgehead atoms. The summed E-state index contributed by atoms with van der Waals surface area (Å²) in [6.07, 6.45) is 14.3. The molecule has 1 atom stereocenters. The molecule has 1 heterocycles. The summed E-state index contributed by atoms with van der Waals surface area (Å²) < 4.78 is 0. The monoisotopic (exact) mass is 517 g/mol. The second kappa shape index (κ2) is 12.5. The van der Waals surface area contributed by atoms with Crippen LogP contribution in [0.4, 0.5) is 11.4 Å². The van der Waals surface area contributed by atoms with Crippen molar-refractivity contribution in [3.63, 3.8) is 0 Å². The van der Waals surface area contributed by atoms with Crippen LogP contribution in [-0.2, 0) is 4.79 Å². The van der Waals surface area contributed by atoms with Crippen molar-refractivity contribution in [3.05, 3.63) is 120 Å². The first-order valence-corrected chi connectivity index (χ1v) is 13.7. The van der Waals surface area contributed by atoms with Crippen LogP contribution < -0.4 is 10.2 Å². The number of aldehydes is 1. The van der Waals surface area contributed by atoms with Gasteiger partial charge in [0, 0.05) is 43.1 Å². The number of nitrogens with zero attached hydrogens (tertiary/aromatic N) is 2. The number of piperidine rings is 1. The van der Waals surface area contributed by atoms with E-state index in [1.807, 2.05) is 78.9 Å². The molecule has 1 aliphatic carbocycles. The highest BCUT2D eigenvalue weighted by molar-refractivity contribution is 6.08. The van der Waals surface area contributed by atoms with Crippen molar-refractivity contribution in [1.29, 1.82) is 0 Å². The van der Waals surface area contributed by atoms with E-state index in [9.17, 15) is 9.59 Å². The Labute approximate surface area is 231 Å². The van der Waals surface area contributed by atoms with Gasteiger partial charge < -0.3 is 15.0 Å². The number of allylic oxidation sites excluding steroid dienone is 4. The molecule has 0 saturated carbocycles. The summed E-state index contributed by atoms with van der Waals surface area (Å²) in [6.45, 7) is 1.76. The SMILES string of the molecule is CN(c1ccc(NC(=O)c2ccccc2-c2ccccc2)cc1)C1CCN(C(C=O)C2=CCC=CC=C2)CC1. The molecule has 3 aromatic carbocycles. The van der Waals surface area contributed by atoms with E-state index in [1.54, 1.807) is 0 Å². The minimum absolute atomic E-state index is 0.123. The predicted octanol–water partition coefficient (Wildman–Crippen LogP) is 6.52. The fourth-order valence-electron chi connectivity index (χ4n) is 5.48. The molecule has 1 aliphatic heterocycles. The third-order valence-corrected chi connectivity index (χ3v) is 7.73. The summed E-state index contributed by atoms with van der Waals surface area (Å²) in [5.74, 6) is -0.123. The molecule has 0 aromatic heterocycles. The Kier molecular flexibility index (Phi) is 8.49. The normalized spacial score (nSPS) is 16.7. The number of nitrogens with one attached hydrogen (secondary N) is 1. The molecule has 5 nitrogen and oxygen atoms in total. The van der Waals surface area contributed by atoms with Crippen LogP contribution in [0.5, 0.6) is 0 Å². The average Bonchev–Trinajstić information content (AvgIpc) is 3.28. The Hall–Kier alpha value is -4.22. The largest absolute Gasteiger partial charge is 0.372 e. The zero-order valence-corrected chi connectivity index (χ0v) is 22.4. The summed E-state index contributed by atoms with van der Waals surface area (Å²) in [5.41, 5.74) is 5.55. The molecule has 1 unspecified atom stereocenters. The minimum atomic E-state index is -0.178. The molecular formula is C34H35N3O2. The molecule has 2 aliphatic rings. The predicted molar refractivity (Wildman–Crippen MR) is 160 cm³/mol. The highest BCUT2D eigenvalue weighted by atomic mass is 16.1. The van der Waals surface area contributed by atoms with Crippen LogP contribution in [0.2, 0.25) is 0 Å². The van der Waals surface area contributed by atoms with Gasteiger partial charge in [0.25, 0.3) is 5.91 Å². The molecule has 0 spiro atoms. The highest BCUT2D eigenvalue weighted by Gasteiger charge is 2.28. The smallest absolute Gasteiger partial charge is 0.256 e. The summed E-state index contributed by atoms with van der Waals surface area (Å²) >= 11 is 0. The topological polar surface area (TPSA) is 52.7 Å². The fraction of sp³-hybridized carbons (Fsp3) is 0.235. The molecule has 1 saturated heterocycles. The molecule has 39 heavy (non-hydrogen) atoms. The summed E-state index contributed by atoms with van der Waals surface area (Å²) in [4.78, 5) is 29.7. The van der Waals surface area contributed by atoms with E-state index in [-0.39, 0.29) is 11.9 Å². The van der Waals surface area contributed by atoms with Gasteiger partial charge in [-0.1, -0.05) is 78.9 Å². The van der Waals surface area contributed by atoms with E-state index in [2.05, 4.69) is 52.5 Å². The average molecular weight is 518 g/mol. The lowest BCUT2D eigenvalue weighted by atomic mass is 9.98. The number of carbonyl (C=O) groups is 2. The van der Waals surface area contributed by atoms with E-state index >= 15 is 0 Å². The number of carbonyl (C=O) groups excluding carboxylic acids is 2. The molecule has 1 amide bonds. The van der Waals surface area contributed by atoms with Crippen molar-refractivity contribution < 1.29 is 9.59 Å². The third-order valence-electron chi connectivity index (χ3n) is 7.73. The van der Waals surface area contributed by atoms with Gasteiger partial charge in [-0.15, -0.1) is 0 Å². The Morgan fingerprint density at radius 1 is 0.949 bits per heavy atom. The summed E-state index contributed by atoms with van der Waals surface area (Å²) in [5, 5.41) is 3.06. The number of amides is 1. The van der Waals surface area contributed by atoms with Crippen molar-refractivity contribution in [2.45, 2.75) is 31.3 Å². The van der Waals surface area contributed by atoms with Gasteiger partial charge in [0.1, 0.15) is 6.29 Å². The van der Waals surface area contributed by atoms with E-state index in [0.717, 1.165) is 66.7 Å². The van der Waals surface area contributed by atoms with Crippen molar-refractivity contribution in [2.75, 3.05) is 30.4 Å². The summed E-state index contributed by atoms with van der Waals surface area (Å²) in [6, 6.07) is 25.9. The molecule has 1 N–H and O–H groups in total. The second-order valence-electron chi connectivity index (χ2n) is 10.1. The van der Waals surface area contributed by atoms with E-state index < -0.39 is 0 Å². The quantitative estimate of drug-likeness (QED) is 0.346. The number of benzene rings is 3. The van der Waals surface area contributed by atoms with Crippen LogP contribution in [0.3, 0.4) is 0 Å². The van der Waals surface area contributed by atoms with Gasteiger partial charge in [0.15, 0.2) is 0 Å². The standard InChI is InChI=1S/C34H35N3O2/c1-36(30-21-23-37(24-22-30)33(25-38)27-13-5-2-3-6-14-27)29-19-17-28(18-20-29)35-34(39)32-16-10-9-15-31(32)26-11-7-4-8-12-26/h2-5,7-20,25,30,33H,6,21-24H2,1H3,(H,35,39). The lowest BCUT2D eigenvalue weighted by Gasteiger charge is -2.40. The molecule has 3 aromatic rings. The molecule has 1 fully saturated rings. The summed E-state index contributed by atoms with van der Waals surface area (Å²) in [7, 11) is 2.13. The Balaban J connectivity index is 1.19. The number of rotatable bonds is 8. The lowest BCUT2D eigenvalue weighted by Crippen LogP contribution is -2.48. The zero-order valence-electron chi connectivity index (χ0n) is 22.4. The minimum Gasteiger partial charge on any atom is -0.372 e. The maximum Gasteiger partial charge on any atom is 0.256 e. The first-order valence-electron chi connectivity index (χ1n) is 13.7. The Morgan fingerprint density at radius 2 is 1.67 bits per heavy atom. The van der Waals surface area contributed by atoms with Crippen LogP contribution in [0.25, 0.3) is 11.1 Å². The van der Waals surface area contributed by atoms with Crippen LogP contribution in [0, 0.1) is 0 Å². The van der Waals surface area contributed by atoms with Gasteiger partial charge in [0.2, 0.25) is 0 Å². The second-order valence-corrected chi connectivity index (χ2v) is 10.1. The van der Waals surface area contributed by atoms with E-state index in [4.69, 9.17) is 0 Å². The molecular weight excluding hydrogens is 482 g/mol. The van der Waals surface area contributed by atoms with Gasteiger partial charge in [0.05, 0.1) is 6.04 Å². The van der Waals surface area contributed by atoms with E-state index in [0.29, 0.717) is 11.6 Å². The van der Waals surface area contributed by atoms with Crippen molar-refractivity contribution in [3.8, 4) is 11.1 Å². The van der Waals surface area contributed by atoms with Gasteiger partial charge in [-0.25, -0.2) is 0 Å². The highest BCUT2D eigenvalue weighted by Crippen LogP contribution is 2.27. The van der Waals surface area contributed by atoms with Gasteiger partial charge in [-0.3, -0.25) is 9.69 Å². The van der Waals surface area contributed by atoms with Crippen LogP contribution in [0.1, 0.15) is 29.6 Å². The molecule has 0 radical (unpaired) electrons. The Bertz CT molecular complexity index is 1370. The number of hydrogen-bond donors (Lipinski definition) is 1. The molecule has 198 valence electrons. The zero-order chi connectivity index (χ0) is 27.0. The molecule has 5 rings (SSSR count). The fourth-order valence-corrected chi connectivity index (χ4v) is 5.48. The maximum absolute atomic E-state index is 13.2. The third kappa shape index (κ3) is 6.27. The van der Waals surface area contributed by atoms with Gasteiger partial charge >= 0.3 is 0 Å². The van der Waals surface area contributed by atoms with Crippen LogP contribution >= 0.6 is 0 Å². The first kappa shape index (κ1) is 26.4. The molecule has 5 heteroatoms. The maximum atomic E-state index is 13.2. The van der Waals surface area contributed by atoms with Crippen molar-refractivity contribution in [2.24, 2.45) is 0 Å². The van der Waals surface area contributed by atoms with Crippen LogP contribution in [0.15, 0.2) is 115 Å². The van der Waals surface area contributed by atoms with Gasteiger partial charge in [-0.05, 0) is 66.3 Å². The number of anilines is 2.